The van der Waals surface area contributed by atoms with E-state index in [0.717, 1.165) is 28.1 Å². The van der Waals surface area contributed by atoms with Gasteiger partial charge in [0.1, 0.15) is 11.3 Å². The molecule has 0 bridgehead atoms. The van der Waals surface area contributed by atoms with Gasteiger partial charge < -0.3 is 0 Å². The lowest BCUT2D eigenvalue weighted by molar-refractivity contribution is 0.911. The number of halogens is 1. The van der Waals surface area contributed by atoms with Crippen LogP contribution >= 0.6 is 11.6 Å². The Morgan fingerprint density at radius 1 is 1.19 bits per heavy atom. The summed E-state index contributed by atoms with van der Waals surface area (Å²) in [6.45, 7) is 0. The van der Waals surface area contributed by atoms with E-state index in [9.17, 15) is 0 Å². The first-order chi connectivity index (χ1) is 10.3. The van der Waals surface area contributed by atoms with Crippen molar-refractivity contribution in [3.63, 3.8) is 0 Å². The van der Waals surface area contributed by atoms with Gasteiger partial charge >= 0.3 is 0 Å². The number of pyridine rings is 1. The Kier molecular flexibility index (Phi) is 3.85. The maximum absolute atomic E-state index is 8.74. The standard InChI is InChI=1S/C16H13ClN4/c17-8-5-16-20-14-11-19-10-7-15(14)21(16)13-3-1-12(2-4-13)6-9-18/h1-4,7,10-11H,5-6,8H2. The number of hydrogen-bond donors (Lipinski definition) is 0. The number of fused-ring (bicyclic) bond motifs is 1. The van der Waals surface area contributed by atoms with E-state index in [4.69, 9.17) is 16.9 Å². The smallest absolute Gasteiger partial charge is 0.115 e. The lowest BCUT2D eigenvalue weighted by atomic mass is 10.1. The number of nitriles is 1. The Bertz CT molecular complexity index is 799. The molecule has 2 heterocycles. The average molecular weight is 297 g/mol. The van der Waals surface area contributed by atoms with Gasteiger partial charge in [0.05, 0.1) is 24.2 Å². The van der Waals surface area contributed by atoms with Gasteiger partial charge in [-0.05, 0) is 23.8 Å². The van der Waals surface area contributed by atoms with E-state index in [1.165, 1.54) is 0 Å². The second-order valence-corrected chi connectivity index (χ2v) is 5.05. The second-order valence-electron chi connectivity index (χ2n) is 4.67. The van der Waals surface area contributed by atoms with Gasteiger partial charge in [0.2, 0.25) is 0 Å². The fourth-order valence-corrected chi connectivity index (χ4v) is 2.55. The van der Waals surface area contributed by atoms with E-state index < -0.39 is 0 Å². The molecule has 0 saturated heterocycles. The number of benzene rings is 1. The Labute approximate surface area is 127 Å². The van der Waals surface area contributed by atoms with E-state index in [1.54, 1.807) is 12.4 Å². The first-order valence-corrected chi connectivity index (χ1v) is 7.20. The highest BCUT2D eigenvalue weighted by molar-refractivity contribution is 6.17. The highest BCUT2D eigenvalue weighted by Gasteiger charge is 2.11. The van der Waals surface area contributed by atoms with Crippen molar-refractivity contribution in [3.05, 3.63) is 54.1 Å². The Hall–Kier alpha value is -2.38. The van der Waals surface area contributed by atoms with Crippen molar-refractivity contribution >= 4 is 22.6 Å². The molecule has 3 rings (SSSR count). The number of imidazole rings is 1. The molecule has 4 nitrogen and oxygen atoms in total. The fourth-order valence-electron chi connectivity index (χ4n) is 2.38. The van der Waals surface area contributed by atoms with E-state index in [-0.39, 0.29) is 0 Å². The summed E-state index contributed by atoms with van der Waals surface area (Å²) in [5, 5.41) is 8.74. The largest absolute Gasteiger partial charge is 0.296 e. The molecule has 2 aromatic heterocycles. The molecule has 0 spiro atoms. The highest BCUT2D eigenvalue weighted by Crippen LogP contribution is 2.22. The molecule has 0 atom stereocenters. The molecule has 0 radical (unpaired) electrons. The van der Waals surface area contributed by atoms with Crippen molar-refractivity contribution < 1.29 is 0 Å². The summed E-state index contributed by atoms with van der Waals surface area (Å²) in [5.74, 6) is 1.43. The molecule has 0 unspecified atom stereocenters. The third-order valence-electron chi connectivity index (χ3n) is 3.32. The van der Waals surface area contributed by atoms with Gasteiger partial charge in [0, 0.05) is 24.2 Å². The van der Waals surface area contributed by atoms with Gasteiger partial charge in [-0.2, -0.15) is 5.26 Å². The Morgan fingerprint density at radius 2 is 2.00 bits per heavy atom. The molecule has 0 fully saturated rings. The number of alkyl halides is 1. The van der Waals surface area contributed by atoms with Crippen LogP contribution in [0.25, 0.3) is 16.7 Å². The molecular weight excluding hydrogens is 284 g/mol. The van der Waals surface area contributed by atoms with Crippen LogP contribution in [-0.4, -0.2) is 20.4 Å². The van der Waals surface area contributed by atoms with Crippen LogP contribution in [0.15, 0.2) is 42.7 Å². The number of nitrogens with zero attached hydrogens (tertiary/aromatic N) is 4. The maximum Gasteiger partial charge on any atom is 0.115 e. The predicted molar refractivity (Wildman–Crippen MR) is 82.6 cm³/mol. The van der Waals surface area contributed by atoms with Crippen molar-refractivity contribution in [2.24, 2.45) is 0 Å². The van der Waals surface area contributed by atoms with Crippen LogP contribution in [0.4, 0.5) is 0 Å². The molecule has 104 valence electrons. The molecular formula is C16H13ClN4. The average Bonchev–Trinajstić information content (AvgIpc) is 2.87. The van der Waals surface area contributed by atoms with Crippen LogP contribution in [0.3, 0.4) is 0 Å². The maximum atomic E-state index is 8.74. The second kappa shape index (κ2) is 5.94. The van der Waals surface area contributed by atoms with Crippen molar-refractivity contribution in [1.29, 1.82) is 5.26 Å². The summed E-state index contributed by atoms with van der Waals surface area (Å²) in [4.78, 5) is 8.72. The quantitative estimate of drug-likeness (QED) is 0.694. The van der Waals surface area contributed by atoms with Crippen LogP contribution in [0.2, 0.25) is 0 Å². The van der Waals surface area contributed by atoms with Crippen LogP contribution in [0.1, 0.15) is 11.4 Å². The van der Waals surface area contributed by atoms with Gasteiger partial charge in [-0.15, -0.1) is 11.6 Å². The van der Waals surface area contributed by atoms with Crippen molar-refractivity contribution in [2.45, 2.75) is 12.8 Å². The predicted octanol–water partition coefficient (Wildman–Crippen LogP) is 3.27. The lowest BCUT2D eigenvalue weighted by Gasteiger charge is -2.09. The molecule has 1 aromatic carbocycles. The summed E-state index contributed by atoms with van der Waals surface area (Å²) < 4.78 is 2.09. The summed E-state index contributed by atoms with van der Waals surface area (Å²) in [7, 11) is 0. The molecule has 21 heavy (non-hydrogen) atoms. The fraction of sp³-hybridized carbons (Fsp3) is 0.188. The minimum Gasteiger partial charge on any atom is -0.296 e. The normalized spacial score (nSPS) is 10.7. The highest BCUT2D eigenvalue weighted by atomic mass is 35.5. The third-order valence-corrected chi connectivity index (χ3v) is 3.51. The van der Waals surface area contributed by atoms with Crippen molar-refractivity contribution in [3.8, 4) is 11.8 Å². The Balaban J connectivity index is 2.13. The molecule has 0 aliphatic carbocycles. The number of hydrogen-bond acceptors (Lipinski definition) is 3. The third kappa shape index (κ3) is 2.61. The first kappa shape index (κ1) is 13.6. The van der Waals surface area contributed by atoms with Gasteiger partial charge in [0.15, 0.2) is 0 Å². The molecule has 0 saturated carbocycles. The van der Waals surface area contributed by atoms with Gasteiger partial charge in [-0.25, -0.2) is 4.98 Å². The molecule has 0 aliphatic heterocycles. The lowest BCUT2D eigenvalue weighted by Crippen LogP contribution is -2.02. The topological polar surface area (TPSA) is 54.5 Å². The minimum absolute atomic E-state index is 0.420. The van der Waals surface area contributed by atoms with E-state index >= 15 is 0 Å². The summed E-state index contributed by atoms with van der Waals surface area (Å²) in [6.07, 6.45) is 4.63. The monoisotopic (exact) mass is 296 g/mol. The van der Waals surface area contributed by atoms with E-state index in [2.05, 4.69) is 20.6 Å². The molecule has 5 heteroatoms. The van der Waals surface area contributed by atoms with Gasteiger partial charge in [-0.3, -0.25) is 9.55 Å². The van der Waals surface area contributed by atoms with Crippen LogP contribution in [0.5, 0.6) is 0 Å². The summed E-state index contributed by atoms with van der Waals surface area (Å²) in [5.41, 5.74) is 3.90. The molecule has 0 amide bonds. The van der Waals surface area contributed by atoms with Crippen LogP contribution in [0, 0.1) is 11.3 Å². The number of aryl methyl sites for hydroxylation is 1. The van der Waals surface area contributed by atoms with Crippen molar-refractivity contribution in [1.82, 2.24) is 14.5 Å². The Morgan fingerprint density at radius 3 is 2.71 bits per heavy atom. The first-order valence-electron chi connectivity index (χ1n) is 6.67. The van der Waals surface area contributed by atoms with Crippen LogP contribution < -0.4 is 0 Å². The van der Waals surface area contributed by atoms with E-state index in [1.807, 2.05) is 30.3 Å². The molecule has 0 N–H and O–H groups in total. The summed E-state index contributed by atoms with van der Waals surface area (Å²) >= 11 is 5.88. The zero-order chi connectivity index (χ0) is 14.7. The minimum atomic E-state index is 0.420. The summed E-state index contributed by atoms with van der Waals surface area (Å²) in [6, 6.07) is 12.1. The number of rotatable bonds is 4. The van der Waals surface area contributed by atoms with Gasteiger partial charge in [0.25, 0.3) is 0 Å². The molecule has 0 aliphatic rings. The SMILES string of the molecule is N#CCc1ccc(-n2c(CCCl)nc3cnccc32)cc1. The molecule has 3 aromatic rings. The van der Waals surface area contributed by atoms with Gasteiger partial charge in [-0.1, -0.05) is 12.1 Å². The zero-order valence-corrected chi connectivity index (χ0v) is 12.1. The van der Waals surface area contributed by atoms with Crippen molar-refractivity contribution in [2.75, 3.05) is 5.88 Å². The van der Waals surface area contributed by atoms with E-state index in [0.29, 0.717) is 18.7 Å². The van der Waals surface area contributed by atoms with Crippen LogP contribution in [-0.2, 0) is 12.8 Å². The zero-order valence-electron chi connectivity index (χ0n) is 11.3. The number of aromatic nitrogens is 3.